The van der Waals surface area contributed by atoms with Crippen molar-refractivity contribution in [3.8, 4) is 0 Å². The normalized spacial score (nSPS) is 11.8. The first kappa shape index (κ1) is 17.2. The molecule has 122 valence electrons. The molecule has 0 bridgehead atoms. The van der Waals surface area contributed by atoms with Gasteiger partial charge >= 0.3 is 11.9 Å². The number of ether oxygens (including phenoxy) is 2. The summed E-state index contributed by atoms with van der Waals surface area (Å²) in [6, 6.07) is 18.5. The molecule has 0 aromatic heterocycles. The minimum Gasteiger partial charge on any atom is -0.465 e. The number of methoxy groups -OCH3 is 2. The van der Waals surface area contributed by atoms with Gasteiger partial charge in [0.1, 0.15) is 0 Å². The summed E-state index contributed by atoms with van der Waals surface area (Å²) in [6.45, 7) is 0. The summed E-state index contributed by atoms with van der Waals surface area (Å²) in [6.07, 6.45) is 3.22. The van der Waals surface area contributed by atoms with Crippen LogP contribution in [-0.2, 0) is 19.1 Å². The Kier molecular flexibility index (Phi) is 6.08. The summed E-state index contributed by atoms with van der Waals surface area (Å²) >= 11 is 0. The Morgan fingerprint density at radius 2 is 1.00 bits per heavy atom. The van der Waals surface area contributed by atoms with Crippen LogP contribution in [0.5, 0.6) is 0 Å². The van der Waals surface area contributed by atoms with E-state index in [0.717, 1.165) is 11.1 Å². The molecule has 2 rings (SSSR count). The molecular weight excluding hydrogens is 304 g/mol. The van der Waals surface area contributed by atoms with Crippen molar-refractivity contribution in [1.82, 2.24) is 0 Å². The second-order valence-corrected chi connectivity index (χ2v) is 4.92. The first-order chi connectivity index (χ1) is 11.7. The summed E-state index contributed by atoms with van der Waals surface area (Å²) in [4.78, 5) is 24.5. The van der Waals surface area contributed by atoms with E-state index in [1.807, 2.05) is 60.7 Å². The maximum atomic E-state index is 12.2. The fourth-order valence-electron chi connectivity index (χ4n) is 2.15. The number of rotatable bonds is 5. The Morgan fingerprint density at radius 3 is 1.29 bits per heavy atom. The molecule has 0 aliphatic carbocycles. The number of carbonyl (C=O) groups is 2. The molecule has 0 saturated heterocycles. The molecule has 0 amide bonds. The Hall–Kier alpha value is -3.14. The van der Waals surface area contributed by atoms with Crippen molar-refractivity contribution in [3.63, 3.8) is 0 Å². The van der Waals surface area contributed by atoms with Gasteiger partial charge in [-0.3, -0.25) is 0 Å². The number of benzene rings is 2. The van der Waals surface area contributed by atoms with Crippen molar-refractivity contribution in [2.45, 2.75) is 0 Å². The highest BCUT2D eigenvalue weighted by atomic mass is 16.5. The fraction of sp³-hybridized carbons (Fsp3) is 0.100. The second-order valence-electron chi connectivity index (χ2n) is 4.92. The zero-order chi connectivity index (χ0) is 17.4. The van der Waals surface area contributed by atoms with Gasteiger partial charge in [0.2, 0.25) is 0 Å². The quantitative estimate of drug-likeness (QED) is 0.480. The minimum atomic E-state index is -0.605. The lowest BCUT2D eigenvalue weighted by molar-refractivity contribution is -0.139. The fourth-order valence-corrected chi connectivity index (χ4v) is 2.15. The summed E-state index contributed by atoms with van der Waals surface area (Å²) < 4.78 is 9.68. The molecule has 0 heterocycles. The molecule has 4 heteroatoms. The number of esters is 2. The van der Waals surface area contributed by atoms with E-state index in [9.17, 15) is 9.59 Å². The van der Waals surface area contributed by atoms with E-state index in [4.69, 9.17) is 9.47 Å². The monoisotopic (exact) mass is 322 g/mol. The smallest absolute Gasteiger partial charge is 0.338 e. The van der Waals surface area contributed by atoms with E-state index < -0.39 is 11.9 Å². The molecule has 0 aliphatic rings. The van der Waals surface area contributed by atoms with Gasteiger partial charge in [-0.2, -0.15) is 0 Å². The van der Waals surface area contributed by atoms with Gasteiger partial charge in [0, 0.05) is 0 Å². The van der Waals surface area contributed by atoms with Gasteiger partial charge in [-0.25, -0.2) is 9.59 Å². The predicted molar refractivity (Wildman–Crippen MR) is 92.9 cm³/mol. The molecule has 2 aromatic rings. The van der Waals surface area contributed by atoms with E-state index in [2.05, 4.69) is 0 Å². The minimum absolute atomic E-state index is 0.138. The molecule has 4 nitrogen and oxygen atoms in total. The molecule has 0 aliphatic heterocycles. The lowest BCUT2D eigenvalue weighted by Gasteiger charge is -2.09. The highest BCUT2D eigenvalue weighted by Gasteiger charge is 2.22. The summed E-state index contributed by atoms with van der Waals surface area (Å²) in [5.74, 6) is -1.21. The van der Waals surface area contributed by atoms with Crippen LogP contribution in [0.4, 0.5) is 0 Å². The Balaban J connectivity index is 2.58. The standard InChI is InChI=1S/C20H18O4/c1-23-19(21)17(13-15-9-5-3-6-10-15)18(20(22)24-2)14-16-11-7-4-8-12-16/h3-14H,1-2H3. The van der Waals surface area contributed by atoms with Crippen molar-refractivity contribution in [1.29, 1.82) is 0 Å². The van der Waals surface area contributed by atoms with Crippen LogP contribution in [0.25, 0.3) is 12.2 Å². The molecular formula is C20H18O4. The predicted octanol–water partition coefficient (Wildman–Crippen LogP) is 3.50. The lowest BCUT2D eigenvalue weighted by Crippen LogP contribution is -2.15. The first-order valence-corrected chi connectivity index (χ1v) is 7.36. The Labute approximate surface area is 141 Å². The van der Waals surface area contributed by atoms with Crippen LogP contribution in [0.15, 0.2) is 71.8 Å². The van der Waals surface area contributed by atoms with Gasteiger partial charge in [0.15, 0.2) is 0 Å². The zero-order valence-electron chi connectivity index (χ0n) is 13.6. The Bertz CT molecular complexity index is 691. The van der Waals surface area contributed by atoms with Gasteiger partial charge in [-0.05, 0) is 23.3 Å². The highest BCUT2D eigenvalue weighted by molar-refractivity contribution is 6.12. The van der Waals surface area contributed by atoms with E-state index in [-0.39, 0.29) is 11.1 Å². The molecule has 0 saturated carbocycles. The van der Waals surface area contributed by atoms with Gasteiger partial charge < -0.3 is 9.47 Å². The third kappa shape index (κ3) is 4.43. The molecule has 0 radical (unpaired) electrons. The molecule has 0 N–H and O–H groups in total. The van der Waals surface area contributed by atoms with E-state index in [1.165, 1.54) is 14.2 Å². The molecule has 0 spiro atoms. The summed E-state index contributed by atoms with van der Waals surface area (Å²) in [7, 11) is 2.55. The van der Waals surface area contributed by atoms with Crippen LogP contribution in [0.1, 0.15) is 11.1 Å². The van der Waals surface area contributed by atoms with Crippen LogP contribution in [0.2, 0.25) is 0 Å². The largest absolute Gasteiger partial charge is 0.465 e. The van der Waals surface area contributed by atoms with Crippen molar-refractivity contribution in [3.05, 3.63) is 82.9 Å². The lowest BCUT2D eigenvalue weighted by atomic mass is 10.00. The SMILES string of the molecule is COC(=O)C(=Cc1ccccc1)C(=Cc1ccccc1)C(=O)OC. The van der Waals surface area contributed by atoms with Crippen LogP contribution in [0.3, 0.4) is 0 Å². The first-order valence-electron chi connectivity index (χ1n) is 7.36. The van der Waals surface area contributed by atoms with E-state index in [1.54, 1.807) is 12.2 Å². The molecule has 24 heavy (non-hydrogen) atoms. The second kappa shape index (κ2) is 8.48. The summed E-state index contributed by atoms with van der Waals surface area (Å²) in [5, 5.41) is 0. The average Bonchev–Trinajstić information content (AvgIpc) is 2.65. The Morgan fingerprint density at radius 1 is 0.667 bits per heavy atom. The molecule has 0 fully saturated rings. The maximum absolute atomic E-state index is 12.2. The third-order valence-electron chi connectivity index (χ3n) is 3.32. The van der Waals surface area contributed by atoms with Gasteiger partial charge in [-0.15, -0.1) is 0 Å². The molecule has 0 unspecified atom stereocenters. The summed E-state index contributed by atoms with van der Waals surface area (Å²) in [5.41, 5.74) is 1.83. The molecule has 0 atom stereocenters. The average molecular weight is 322 g/mol. The van der Waals surface area contributed by atoms with Crippen molar-refractivity contribution in [2.75, 3.05) is 14.2 Å². The number of hydrogen-bond acceptors (Lipinski definition) is 4. The topological polar surface area (TPSA) is 52.6 Å². The van der Waals surface area contributed by atoms with Crippen LogP contribution < -0.4 is 0 Å². The highest BCUT2D eigenvalue weighted by Crippen LogP contribution is 2.21. The number of hydrogen-bond donors (Lipinski definition) is 0. The number of carbonyl (C=O) groups excluding carboxylic acids is 2. The van der Waals surface area contributed by atoms with Gasteiger partial charge in [-0.1, -0.05) is 60.7 Å². The van der Waals surface area contributed by atoms with Crippen LogP contribution in [0, 0.1) is 0 Å². The van der Waals surface area contributed by atoms with Crippen molar-refractivity contribution < 1.29 is 19.1 Å². The van der Waals surface area contributed by atoms with Gasteiger partial charge in [0.05, 0.1) is 25.4 Å². The van der Waals surface area contributed by atoms with Crippen molar-refractivity contribution in [2.24, 2.45) is 0 Å². The molecule has 2 aromatic carbocycles. The van der Waals surface area contributed by atoms with Gasteiger partial charge in [0.25, 0.3) is 0 Å². The van der Waals surface area contributed by atoms with E-state index >= 15 is 0 Å². The van der Waals surface area contributed by atoms with Crippen molar-refractivity contribution >= 4 is 24.1 Å². The van der Waals surface area contributed by atoms with E-state index in [0.29, 0.717) is 0 Å². The van der Waals surface area contributed by atoms with Crippen LogP contribution >= 0.6 is 0 Å². The zero-order valence-corrected chi connectivity index (χ0v) is 13.6. The third-order valence-corrected chi connectivity index (χ3v) is 3.32. The maximum Gasteiger partial charge on any atom is 0.338 e. The van der Waals surface area contributed by atoms with Crippen LogP contribution in [-0.4, -0.2) is 26.2 Å².